The van der Waals surface area contributed by atoms with Crippen LogP contribution in [-0.4, -0.2) is 17.7 Å². The molecule has 0 aliphatic heterocycles. The fourth-order valence-corrected chi connectivity index (χ4v) is 0.464. The highest BCUT2D eigenvalue weighted by Crippen LogP contribution is 2.04. The smallest absolute Gasteiger partial charge is 0.504 e. The summed E-state index contributed by atoms with van der Waals surface area (Å²) in [4.78, 5) is 13.4. The predicted octanol–water partition coefficient (Wildman–Crippen LogP) is 1.36. The first-order valence-electron chi connectivity index (χ1n) is 3.16. The van der Waals surface area contributed by atoms with Gasteiger partial charge in [-0.3, -0.25) is 0 Å². The Morgan fingerprint density at radius 3 is 2.75 bits per heavy atom. The normalized spacial score (nSPS) is 11.0. The molecule has 5 nitrogen and oxygen atoms in total. The standard InChI is InChI=1S/C7H8N2O3/c1-3-4-12-7(11)6(9-8)5(2)10/h3H,1,4H2,2H3/p+1. The number of nitrogens with zero attached hydrogens (tertiary/aromatic N) is 2. The Hall–Kier alpha value is -1.83. The maximum Gasteiger partial charge on any atom is 0.504 e. The number of aliphatic hydroxyl groups is 1. The molecule has 0 saturated heterocycles. The predicted molar refractivity (Wildman–Crippen MR) is 41.6 cm³/mol. The van der Waals surface area contributed by atoms with Crippen LogP contribution >= 0.6 is 0 Å². The summed E-state index contributed by atoms with van der Waals surface area (Å²) >= 11 is 0. The van der Waals surface area contributed by atoms with Crippen molar-refractivity contribution in [2.75, 3.05) is 6.61 Å². The molecule has 12 heavy (non-hydrogen) atoms. The summed E-state index contributed by atoms with van der Waals surface area (Å²) in [6, 6.07) is 0. The minimum Gasteiger partial charge on any atom is -0.505 e. The van der Waals surface area contributed by atoms with Crippen LogP contribution in [0.2, 0.25) is 0 Å². The van der Waals surface area contributed by atoms with Gasteiger partial charge in [-0.05, 0) is 0 Å². The Labute approximate surface area is 69.6 Å². The molecule has 0 fully saturated rings. The number of diazo groups is 1. The zero-order chi connectivity index (χ0) is 9.56. The summed E-state index contributed by atoms with van der Waals surface area (Å²) in [5, 5.41) is 17.0. The maximum atomic E-state index is 10.8. The molecule has 0 rings (SSSR count). The van der Waals surface area contributed by atoms with Crippen LogP contribution in [0.5, 0.6) is 0 Å². The van der Waals surface area contributed by atoms with Gasteiger partial charge in [0.15, 0.2) is 10.7 Å². The van der Waals surface area contributed by atoms with E-state index in [1.54, 1.807) is 0 Å². The average Bonchev–Trinajstić information content (AvgIpc) is 2.01. The largest absolute Gasteiger partial charge is 0.505 e. The zero-order valence-electron chi connectivity index (χ0n) is 6.65. The van der Waals surface area contributed by atoms with E-state index in [-0.39, 0.29) is 6.61 Å². The van der Waals surface area contributed by atoms with E-state index in [1.165, 1.54) is 13.0 Å². The molecule has 0 aliphatic carbocycles. The molecule has 0 amide bonds. The summed E-state index contributed by atoms with van der Waals surface area (Å²) in [6.45, 7) is 4.53. The van der Waals surface area contributed by atoms with Crippen LogP contribution in [0.1, 0.15) is 6.92 Å². The van der Waals surface area contributed by atoms with Crippen molar-refractivity contribution in [2.45, 2.75) is 6.92 Å². The highest BCUT2D eigenvalue weighted by atomic mass is 16.5. The van der Waals surface area contributed by atoms with Crippen LogP contribution in [0.3, 0.4) is 0 Å². The van der Waals surface area contributed by atoms with Crippen molar-refractivity contribution in [1.82, 2.24) is 0 Å². The third-order valence-corrected chi connectivity index (χ3v) is 0.968. The molecule has 0 atom stereocenters. The molecule has 0 aliphatic rings. The summed E-state index contributed by atoms with van der Waals surface area (Å²) in [5.41, 5.74) is -0.503. The van der Waals surface area contributed by atoms with Crippen LogP contribution in [0, 0.1) is 5.39 Å². The molecular formula is C7H9N2O3+. The van der Waals surface area contributed by atoms with Crippen molar-refractivity contribution < 1.29 is 14.6 Å². The minimum absolute atomic E-state index is 0.00509. The average molecular weight is 169 g/mol. The first-order valence-corrected chi connectivity index (χ1v) is 3.16. The van der Waals surface area contributed by atoms with E-state index < -0.39 is 17.4 Å². The summed E-state index contributed by atoms with van der Waals surface area (Å²) in [5.74, 6) is -1.29. The molecule has 64 valence electrons. The molecule has 0 bridgehead atoms. The van der Waals surface area contributed by atoms with Crippen LogP contribution in [0.15, 0.2) is 24.1 Å². The second-order valence-corrected chi connectivity index (χ2v) is 1.92. The quantitative estimate of drug-likeness (QED) is 0.227. The van der Waals surface area contributed by atoms with Crippen molar-refractivity contribution in [3.8, 4) is 0 Å². The number of hydrogen-bond donors (Lipinski definition) is 1. The number of ether oxygens (including phenoxy) is 1. The molecule has 0 unspecified atom stereocenters. The second kappa shape index (κ2) is 4.91. The minimum atomic E-state index is -0.891. The van der Waals surface area contributed by atoms with Gasteiger partial charge in [0, 0.05) is 6.92 Å². The topological polar surface area (TPSA) is 74.7 Å². The van der Waals surface area contributed by atoms with E-state index >= 15 is 0 Å². The third-order valence-electron chi connectivity index (χ3n) is 0.968. The van der Waals surface area contributed by atoms with Crippen LogP contribution < -0.4 is 0 Å². The molecule has 0 heterocycles. The Kier molecular flexibility index (Phi) is 4.16. The van der Waals surface area contributed by atoms with Gasteiger partial charge in [0.25, 0.3) is 0 Å². The van der Waals surface area contributed by atoms with Gasteiger partial charge < -0.3 is 9.84 Å². The van der Waals surface area contributed by atoms with Gasteiger partial charge in [0.1, 0.15) is 6.61 Å². The van der Waals surface area contributed by atoms with E-state index in [9.17, 15) is 4.79 Å². The number of hydrogen-bond acceptors (Lipinski definition) is 4. The van der Waals surface area contributed by atoms with Crippen molar-refractivity contribution in [1.29, 1.82) is 5.39 Å². The molecule has 0 spiro atoms. The Bertz CT molecular complexity index is 258. The van der Waals surface area contributed by atoms with Crippen molar-refractivity contribution >= 4 is 5.97 Å². The van der Waals surface area contributed by atoms with Crippen molar-refractivity contribution in [2.24, 2.45) is 0 Å². The summed E-state index contributed by atoms with van der Waals surface area (Å²) in [6.07, 6.45) is 1.36. The Morgan fingerprint density at radius 2 is 2.42 bits per heavy atom. The van der Waals surface area contributed by atoms with E-state index in [0.717, 1.165) is 0 Å². The number of carbonyl (C=O) groups is 1. The fraction of sp³-hybridized carbons (Fsp3) is 0.286. The Morgan fingerprint density at radius 1 is 1.83 bits per heavy atom. The van der Waals surface area contributed by atoms with Gasteiger partial charge >= 0.3 is 11.7 Å². The van der Waals surface area contributed by atoms with Gasteiger partial charge in [0.2, 0.25) is 5.39 Å². The van der Waals surface area contributed by atoms with Crippen LogP contribution in [0.4, 0.5) is 0 Å². The lowest BCUT2D eigenvalue weighted by Gasteiger charge is -1.92. The third kappa shape index (κ3) is 2.84. The van der Waals surface area contributed by atoms with Crippen molar-refractivity contribution in [3.63, 3.8) is 0 Å². The molecule has 5 heteroatoms. The number of aliphatic hydroxyl groups excluding tert-OH is 1. The molecule has 0 aromatic heterocycles. The fourth-order valence-electron chi connectivity index (χ4n) is 0.464. The van der Waals surface area contributed by atoms with E-state index in [1.807, 2.05) is 0 Å². The van der Waals surface area contributed by atoms with E-state index in [2.05, 4.69) is 16.3 Å². The lowest BCUT2D eigenvalue weighted by atomic mass is 10.4. The first kappa shape index (κ1) is 10.2. The van der Waals surface area contributed by atoms with E-state index in [0.29, 0.717) is 0 Å². The van der Waals surface area contributed by atoms with Crippen LogP contribution in [0.25, 0.3) is 4.98 Å². The molecular weight excluding hydrogens is 160 g/mol. The zero-order valence-corrected chi connectivity index (χ0v) is 6.65. The molecule has 0 aromatic carbocycles. The number of allylic oxidation sites excluding steroid dienone is 1. The monoisotopic (exact) mass is 169 g/mol. The second-order valence-electron chi connectivity index (χ2n) is 1.92. The molecule has 1 N–H and O–H groups in total. The molecule has 0 saturated carbocycles. The summed E-state index contributed by atoms with van der Waals surface area (Å²) in [7, 11) is 0. The lowest BCUT2D eigenvalue weighted by Crippen LogP contribution is -2.07. The number of rotatable bonds is 3. The number of carbonyl (C=O) groups excluding carboxylic acids is 1. The van der Waals surface area contributed by atoms with Crippen LogP contribution in [-0.2, 0) is 9.53 Å². The first-order chi connectivity index (χ1) is 5.63. The van der Waals surface area contributed by atoms with Gasteiger partial charge in [-0.15, -0.1) is 0 Å². The highest BCUT2D eigenvalue weighted by Gasteiger charge is 2.27. The maximum absolute atomic E-state index is 10.8. The molecule has 0 aromatic rings. The van der Waals surface area contributed by atoms with Gasteiger partial charge in [-0.25, -0.2) is 4.79 Å². The highest BCUT2D eigenvalue weighted by molar-refractivity contribution is 5.90. The van der Waals surface area contributed by atoms with Gasteiger partial charge in [-0.2, -0.15) is 0 Å². The molecule has 0 radical (unpaired) electrons. The lowest BCUT2D eigenvalue weighted by molar-refractivity contribution is -0.137. The Balaban J connectivity index is 4.38. The summed E-state index contributed by atoms with van der Waals surface area (Å²) < 4.78 is 4.48. The SMILES string of the molecule is C=CCOC(=O)C([N+]#N)=C(C)O. The number of esters is 1. The van der Waals surface area contributed by atoms with Gasteiger partial charge in [0.05, 0.1) is 0 Å². The van der Waals surface area contributed by atoms with Crippen molar-refractivity contribution in [3.05, 3.63) is 29.1 Å². The van der Waals surface area contributed by atoms with Gasteiger partial charge in [-0.1, -0.05) is 12.7 Å². The van der Waals surface area contributed by atoms with E-state index in [4.69, 9.17) is 10.5 Å².